The van der Waals surface area contributed by atoms with Crippen LogP contribution in [-0.2, 0) is 19.3 Å². The third kappa shape index (κ3) is 3.68. The van der Waals surface area contributed by atoms with Gasteiger partial charge in [-0.25, -0.2) is 14.8 Å². The van der Waals surface area contributed by atoms with Crippen molar-refractivity contribution < 1.29 is 15.0 Å². The van der Waals surface area contributed by atoms with Crippen molar-refractivity contribution in [3.05, 3.63) is 69.8 Å². The fraction of sp³-hybridized carbons (Fsp3) is 0.174. The summed E-state index contributed by atoms with van der Waals surface area (Å²) in [6.45, 7) is 2.17. The smallest absolute Gasteiger partial charge is 0.338 e. The van der Waals surface area contributed by atoms with Crippen LogP contribution in [0.2, 0.25) is 0 Å². The zero-order chi connectivity index (χ0) is 23.3. The number of aromatic amines is 1. The first-order valence-electron chi connectivity index (χ1n) is 10.1. The predicted molar refractivity (Wildman–Crippen MR) is 131 cm³/mol. The maximum absolute atomic E-state index is 12.5. The molecule has 3 aromatic heterocycles. The number of nitrogens with zero attached hydrogens (tertiary/aromatic N) is 4. The van der Waals surface area contributed by atoms with E-state index in [9.17, 15) is 15.0 Å². The number of benzene rings is 2. The van der Waals surface area contributed by atoms with Crippen molar-refractivity contribution in [2.45, 2.75) is 24.4 Å². The molecule has 3 N–H and O–H groups in total. The molecule has 8 nitrogen and oxygen atoms in total. The molecule has 0 unspecified atom stereocenters. The topological polar surface area (TPSA) is 109 Å². The highest BCUT2D eigenvalue weighted by Crippen LogP contribution is 2.40. The van der Waals surface area contributed by atoms with Crippen LogP contribution in [-0.4, -0.2) is 40.3 Å². The second-order valence-electron chi connectivity index (χ2n) is 7.72. The fourth-order valence-corrected chi connectivity index (χ4v) is 5.52. The Morgan fingerprint density at radius 1 is 1.30 bits per heavy atom. The molecule has 0 aliphatic carbocycles. The SMILES string of the molecule is Cc1nccn1Cc1c(O)c(Br)cc2c1c(C(=O)O)c(CSc1nc3ccccc3[nH]1)n2C. The highest BCUT2D eigenvalue weighted by molar-refractivity contribution is 9.10. The minimum absolute atomic E-state index is 0.0280. The lowest BCUT2D eigenvalue weighted by molar-refractivity contribution is 0.0698. The Morgan fingerprint density at radius 3 is 2.79 bits per heavy atom. The molecule has 0 bridgehead atoms. The van der Waals surface area contributed by atoms with Gasteiger partial charge in [0.05, 0.1) is 33.1 Å². The molecular weight excluding hydrogens is 506 g/mol. The van der Waals surface area contributed by atoms with E-state index in [1.165, 1.54) is 11.8 Å². The second kappa shape index (κ2) is 8.27. The zero-order valence-corrected chi connectivity index (χ0v) is 20.2. The lowest BCUT2D eigenvalue weighted by atomic mass is 10.0. The van der Waals surface area contributed by atoms with E-state index < -0.39 is 5.97 Å². The molecule has 0 radical (unpaired) electrons. The molecule has 5 aromatic rings. The number of thioether (sulfide) groups is 1. The zero-order valence-electron chi connectivity index (χ0n) is 17.8. The molecule has 168 valence electrons. The number of phenolic OH excluding ortho intramolecular Hbond substituents is 1. The number of fused-ring (bicyclic) bond motifs is 2. The van der Waals surface area contributed by atoms with Crippen LogP contribution in [0, 0.1) is 6.92 Å². The van der Waals surface area contributed by atoms with Gasteiger partial charge in [0.2, 0.25) is 0 Å². The van der Waals surface area contributed by atoms with Crippen molar-refractivity contribution in [3.63, 3.8) is 0 Å². The van der Waals surface area contributed by atoms with Crippen molar-refractivity contribution in [2.75, 3.05) is 0 Å². The van der Waals surface area contributed by atoms with E-state index in [1.807, 2.05) is 53.6 Å². The highest BCUT2D eigenvalue weighted by Gasteiger charge is 2.26. The van der Waals surface area contributed by atoms with Gasteiger partial charge in [0.1, 0.15) is 11.6 Å². The number of aromatic carboxylic acids is 1. The highest BCUT2D eigenvalue weighted by atomic mass is 79.9. The summed E-state index contributed by atoms with van der Waals surface area (Å²) < 4.78 is 4.27. The van der Waals surface area contributed by atoms with E-state index in [2.05, 4.69) is 30.9 Å². The van der Waals surface area contributed by atoms with Crippen LogP contribution in [0.4, 0.5) is 0 Å². The molecule has 0 saturated carbocycles. The van der Waals surface area contributed by atoms with Gasteiger partial charge >= 0.3 is 5.97 Å². The Hall–Kier alpha value is -3.24. The summed E-state index contributed by atoms with van der Waals surface area (Å²) in [7, 11) is 1.85. The molecule has 0 fully saturated rings. The number of carboxylic acids is 1. The van der Waals surface area contributed by atoms with Crippen LogP contribution < -0.4 is 0 Å². The number of H-pyrrole nitrogens is 1. The van der Waals surface area contributed by atoms with Gasteiger partial charge < -0.3 is 24.3 Å². The Kier molecular flexibility index (Phi) is 5.41. The van der Waals surface area contributed by atoms with Crippen LogP contribution in [0.3, 0.4) is 0 Å². The lowest BCUT2D eigenvalue weighted by Gasteiger charge is -2.12. The number of rotatable bonds is 6. The van der Waals surface area contributed by atoms with Crippen LogP contribution in [0.1, 0.15) is 27.4 Å². The molecule has 5 rings (SSSR count). The van der Waals surface area contributed by atoms with Crippen molar-refractivity contribution in [1.82, 2.24) is 24.1 Å². The Labute approximate surface area is 201 Å². The van der Waals surface area contributed by atoms with E-state index in [0.29, 0.717) is 33.4 Å². The van der Waals surface area contributed by atoms with Gasteiger partial charge in [0.25, 0.3) is 0 Å². The molecule has 0 spiro atoms. The first-order chi connectivity index (χ1) is 15.8. The van der Waals surface area contributed by atoms with Crippen molar-refractivity contribution in [2.24, 2.45) is 7.05 Å². The standard InChI is InChI=1S/C23H20BrN5O3S/c1-12-25-7-8-29(12)10-13-19-17(9-14(24)21(13)30)28(2)18(20(19)22(31)32)11-33-23-26-15-5-3-4-6-16(15)27-23/h3-9,30H,10-11H2,1-2H3,(H,26,27)(H,31,32). The quantitative estimate of drug-likeness (QED) is 0.267. The van der Waals surface area contributed by atoms with Gasteiger partial charge in [-0.3, -0.25) is 0 Å². The number of para-hydroxylation sites is 2. The molecule has 10 heteroatoms. The summed E-state index contributed by atoms with van der Waals surface area (Å²) in [5.41, 5.74) is 3.89. The van der Waals surface area contributed by atoms with Gasteiger partial charge in [0.15, 0.2) is 5.16 Å². The Morgan fingerprint density at radius 2 is 2.09 bits per heavy atom. The van der Waals surface area contributed by atoms with Crippen LogP contribution in [0.5, 0.6) is 5.75 Å². The molecular formula is C23H20BrN5O3S. The minimum Gasteiger partial charge on any atom is -0.506 e. The first-order valence-corrected chi connectivity index (χ1v) is 11.9. The summed E-state index contributed by atoms with van der Waals surface area (Å²) in [6, 6.07) is 9.51. The molecule has 0 aliphatic rings. The van der Waals surface area contributed by atoms with Crippen molar-refractivity contribution >= 4 is 55.6 Å². The number of imidazole rings is 2. The molecule has 3 heterocycles. The number of aromatic hydroxyl groups is 1. The lowest BCUT2D eigenvalue weighted by Crippen LogP contribution is -2.05. The number of hydrogen-bond donors (Lipinski definition) is 3. The van der Waals surface area contributed by atoms with Gasteiger partial charge in [-0.1, -0.05) is 23.9 Å². The molecule has 33 heavy (non-hydrogen) atoms. The summed E-state index contributed by atoms with van der Waals surface area (Å²) in [5, 5.41) is 22.3. The number of halogens is 1. The Bertz CT molecular complexity index is 1500. The first kappa shape index (κ1) is 21.6. The number of aromatic nitrogens is 5. The molecule has 0 amide bonds. The summed E-state index contributed by atoms with van der Waals surface area (Å²) >= 11 is 4.88. The minimum atomic E-state index is -1.04. The second-order valence-corrected chi connectivity index (χ2v) is 9.53. The number of aryl methyl sites for hydroxylation is 2. The van der Waals surface area contributed by atoms with E-state index in [0.717, 1.165) is 27.5 Å². The third-order valence-corrected chi connectivity index (χ3v) is 7.31. The third-order valence-electron chi connectivity index (χ3n) is 5.82. The number of carbonyl (C=O) groups is 1. The van der Waals surface area contributed by atoms with Gasteiger partial charge in [-0.15, -0.1) is 0 Å². The maximum atomic E-state index is 12.5. The van der Waals surface area contributed by atoms with E-state index in [1.54, 1.807) is 12.3 Å². The van der Waals surface area contributed by atoms with Crippen LogP contribution >= 0.6 is 27.7 Å². The van der Waals surface area contributed by atoms with E-state index >= 15 is 0 Å². The molecule has 2 aromatic carbocycles. The summed E-state index contributed by atoms with van der Waals surface area (Å²) in [6.07, 6.45) is 3.49. The van der Waals surface area contributed by atoms with Gasteiger partial charge in [0, 0.05) is 41.8 Å². The number of hydrogen-bond acceptors (Lipinski definition) is 5. The predicted octanol–water partition coefficient (Wildman–Crippen LogP) is 5.07. The van der Waals surface area contributed by atoms with Gasteiger partial charge in [-0.2, -0.15) is 0 Å². The van der Waals surface area contributed by atoms with E-state index in [4.69, 9.17) is 0 Å². The number of carboxylic acid groups (broad SMARTS) is 1. The summed E-state index contributed by atoms with van der Waals surface area (Å²) in [4.78, 5) is 24.6. The Balaban J connectivity index is 1.63. The largest absolute Gasteiger partial charge is 0.506 e. The fourth-order valence-electron chi connectivity index (χ4n) is 4.11. The number of nitrogens with one attached hydrogen (secondary N) is 1. The molecule has 0 saturated heterocycles. The van der Waals surface area contributed by atoms with Crippen molar-refractivity contribution in [3.8, 4) is 5.75 Å². The molecule has 0 aliphatic heterocycles. The van der Waals surface area contributed by atoms with Crippen LogP contribution in [0.15, 0.2) is 52.4 Å². The van der Waals surface area contributed by atoms with Crippen LogP contribution in [0.25, 0.3) is 21.9 Å². The van der Waals surface area contributed by atoms with Gasteiger partial charge in [-0.05, 0) is 41.1 Å². The van der Waals surface area contributed by atoms with Crippen molar-refractivity contribution in [1.29, 1.82) is 0 Å². The number of phenols is 1. The van der Waals surface area contributed by atoms with E-state index in [-0.39, 0.29) is 11.3 Å². The molecule has 0 atom stereocenters. The summed E-state index contributed by atoms with van der Waals surface area (Å²) in [5.74, 6) is 0.163. The average Bonchev–Trinajstić information content (AvgIpc) is 3.46. The maximum Gasteiger partial charge on any atom is 0.338 e. The monoisotopic (exact) mass is 525 g/mol. The normalized spacial score (nSPS) is 11.6. The average molecular weight is 526 g/mol.